The summed E-state index contributed by atoms with van der Waals surface area (Å²) in [7, 11) is 0. The third kappa shape index (κ3) is 4.52. The Morgan fingerprint density at radius 1 is 1.22 bits per heavy atom. The first-order valence-corrected chi connectivity index (χ1v) is 8.03. The average Bonchev–Trinajstić information content (AvgIpc) is 2.56. The van der Waals surface area contributed by atoms with Crippen LogP contribution in [0.2, 0.25) is 0 Å². The molecule has 2 N–H and O–H groups in total. The van der Waals surface area contributed by atoms with Crippen molar-refractivity contribution in [3.05, 3.63) is 0 Å². The Morgan fingerprint density at radius 2 is 1.83 bits per heavy atom. The summed E-state index contributed by atoms with van der Waals surface area (Å²) in [6.45, 7) is 0. The molecule has 0 aromatic carbocycles. The van der Waals surface area contributed by atoms with Gasteiger partial charge in [-0.15, -0.1) is 0 Å². The number of hydrogen-bond donors (Lipinski definition) is 2. The van der Waals surface area contributed by atoms with Crippen LogP contribution in [-0.2, 0) is 9.59 Å². The fourth-order valence-corrected chi connectivity index (χ4v) is 2.86. The molecule has 0 bridgehead atoms. The highest BCUT2D eigenvalue weighted by atomic mass is 32.2. The summed E-state index contributed by atoms with van der Waals surface area (Å²) in [4.78, 5) is 23.3. The quantitative estimate of drug-likeness (QED) is 0.576. The minimum atomic E-state index is -1.01. The fourth-order valence-electron chi connectivity index (χ4n) is 2.43. The minimum Gasteiger partial charge on any atom is -0.480 e. The zero-order chi connectivity index (χ0) is 13.4. The molecule has 0 radical (unpaired) electrons. The van der Waals surface area contributed by atoms with E-state index in [1.165, 1.54) is 0 Å². The Bertz CT molecular complexity index is 286. The van der Waals surface area contributed by atoms with E-state index in [0.29, 0.717) is 19.3 Å². The van der Waals surface area contributed by atoms with E-state index < -0.39 is 11.5 Å². The van der Waals surface area contributed by atoms with Crippen LogP contribution in [0.15, 0.2) is 0 Å². The van der Waals surface area contributed by atoms with Crippen LogP contribution in [0.3, 0.4) is 0 Å². The predicted octanol–water partition coefficient (Wildman–Crippen LogP) is 2.42. The van der Waals surface area contributed by atoms with Gasteiger partial charge in [-0.1, -0.05) is 25.7 Å². The number of carbonyl (C=O) groups is 2. The van der Waals surface area contributed by atoms with Crippen molar-refractivity contribution in [1.82, 2.24) is 5.32 Å². The average molecular weight is 273 g/mol. The van der Waals surface area contributed by atoms with Crippen molar-refractivity contribution in [3.8, 4) is 0 Å². The first-order chi connectivity index (χ1) is 8.60. The van der Waals surface area contributed by atoms with Crippen LogP contribution >= 0.6 is 11.8 Å². The van der Waals surface area contributed by atoms with Gasteiger partial charge in [0.1, 0.15) is 5.54 Å². The highest BCUT2D eigenvalue weighted by molar-refractivity contribution is 7.98. The maximum Gasteiger partial charge on any atom is 0.329 e. The molecule has 1 aliphatic rings. The van der Waals surface area contributed by atoms with Gasteiger partial charge in [0.2, 0.25) is 5.91 Å². The molecule has 1 rings (SSSR count). The number of carboxylic acid groups (broad SMARTS) is 1. The summed E-state index contributed by atoms with van der Waals surface area (Å²) in [5.41, 5.74) is -1.01. The lowest BCUT2D eigenvalue weighted by Crippen LogP contribution is -2.54. The number of hydrogen-bond acceptors (Lipinski definition) is 3. The monoisotopic (exact) mass is 273 g/mol. The van der Waals surface area contributed by atoms with Gasteiger partial charge < -0.3 is 10.4 Å². The van der Waals surface area contributed by atoms with Crippen LogP contribution in [0, 0.1) is 0 Å². The lowest BCUT2D eigenvalue weighted by atomic mass is 9.90. The molecule has 104 valence electrons. The molecule has 0 heterocycles. The largest absolute Gasteiger partial charge is 0.480 e. The van der Waals surface area contributed by atoms with E-state index in [1.807, 2.05) is 6.26 Å². The van der Waals surface area contributed by atoms with E-state index in [0.717, 1.165) is 37.9 Å². The second-order valence-electron chi connectivity index (χ2n) is 4.95. The molecule has 1 fully saturated rings. The number of carbonyl (C=O) groups excluding carboxylic acids is 1. The second-order valence-corrected chi connectivity index (χ2v) is 5.93. The number of nitrogens with one attached hydrogen (secondary N) is 1. The van der Waals surface area contributed by atoms with Gasteiger partial charge in [-0.2, -0.15) is 11.8 Å². The van der Waals surface area contributed by atoms with Gasteiger partial charge in [-0.05, 0) is 31.3 Å². The summed E-state index contributed by atoms with van der Waals surface area (Å²) >= 11 is 1.70. The smallest absolute Gasteiger partial charge is 0.329 e. The number of carboxylic acids is 1. The van der Waals surface area contributed by atoms with E-state index >= 15 is 0 Å². The van der Waals surface area contributed by atoms with Crippen LogP contribution in [-0.4, -0.2) is 34.5 Å². The van der Waals surface area contributed by atoms with Crippen molar-refractivity contribution >= 4 is 23.6 Å². The van der Waals surface area contributed by atoms with Gasteiger partial charge >= 0.3 is 5.97 Å². The van der Waals surface area contributed by atoms with E-state index in [4.69, 9.17) is 0 Å². The van der Waals surface area contributed by atoms with Gasteiger partial charge in [0.05, 0.1) is 0 Å². The Labute approximate surface area is 113 Å². The number of amides is 1. The molecule has 1 aliphatic carbocycles. The van der Waals surface area contributed by atoms with Crippen LogP contribution < -0.4 is 5.32 Å². The standard InChI is InChI=1S/C13H23NO3S/c1-18-10-6-7-11(15)14-13(12(16)17)8-4-2-3-5-9-13/h2-10H2,1H3,(H,14,15)(H,16,17). The molecular formula is C13H23NO3S. The van der Waals surface area contributed by atoms with E-state index in [1.54, 1.807) is 11.8 Å². The number of rotatable bonds is 6. The number of aliphatic carboxylic acids is 1. The summed E-state index contributed by atoms with van der Waals surface area (Å²) < 4.78 is 0. The lowest BCUT2D eigenvalue weighted by molar-refractivity contribution is -0.148. The molecular weight excluding hydrogens is 250 g/mol. The third-order valence-corrected chi connectivity index (χ3v) is 4.19. The SMILES string of the molecule is CSCCCC(=O)NC1(C(=O)O)CCCCCC1. The lowest BCUT2D eigenvalue weighted by Gasteiger charge is -2.29. The molecule has 18 heavy (non-hydrogen) atoms. The van der Waals surface area contributed by atoms with E-state index in [-0.39, 0.29) is 5.91 Å². The highest BCUT2D eigenvalue weighted by Crippen LogP contribution is 2.27. The van der Waals surface area contributed by atoms with Crippen LogP contribution in [0.25, 0.3) is 0 Å². The highest BCUT2D eigenvalue weighted by Gasteiger charge is 2.39. The van der Waals surface area contributed by atoms with Crippen molar-refractivity contribution < 1.29 is 14.7 Å². The molecule has 0 spiro atoms. The molecule has 4 nitrogen and oxygen atoms in total. The first kappa shape index (κ1) is 15.3. The zero-order valence-corrected chi connectivity index (χ0v) is 11.9. The molecule has 0 atom stereocenters. The minimum absolute atomic E-state index is 0.117. The van der Waals surface area contributed by atoms with Gasteiger partial charge in [0.15, 0.2) is 0 Å². The molecule has 0 aromatic heterocycles. The van der Waals surface area contributed by atoms with Crippen molar-refractivity contribution in [2.75, 3.05) is 12.0 Å². The fraction of sp³-hybridized carbons (Fsp3) is 0.846. The third-order valence-electron chi connectivity index (χ3n) is 3.50. The van der Waals surface area contributed by atoms with Crippen molar-refractivity contribution in [2.24, 2.45) is 0 Å². The van der Waals surface area contributed by atoms with Crippen LogP contribution in [0.5, 0.6) is 0 Å². The maximum atomic E-state index is 11.8. The topological polar surface area (TPSA) is 66.4 Å². The Balaban J connectivity index is 2.55. The zero-order valence-electron chi connectivity index (χ0n) is 11.0. The van der Waals surface area contributed by atoms with Gasteiger partial charge in [-0.25, -0.2) is 4.79 Å². The maximum absolute atomic E-state index is 11.8. The Hall–Kier alpha value is -0.710. The molecule has 0 aliphatic heterocycles. The molecule has 0 saturated heterocycles. The van der Waals surface area contributed by atoms with Crippen LogP contribution in [0.1, 0.15) is 51.4 Å². The predicted molar refractivity (Wildman–Crippen MR) is 73.8 cm³/mol. The first-order valence-electron chi connectivity index (χ1n) is 6.64. The molecule has 5 heteroatoms. The van der Waals surface area contributed by atoms with Crippen molar-refractivity contribution in [1.29, 1.82) is 0 Å². The summed E-state index contributed by atoms with van der Waals surface area (Å²) in [6.07, 6.45) is 8.28. The molecule has 1 saturated carbocycles. The molecule has 1 amide bonds. The number of thioether (sulfide) groups is 1. The van der Waals surface area contributed by atoms with Gasteiger partial charge in [-0.3, -0.25) is 4.79 Å². The van der Waals surface area contributed by atoms with Crippen LogP contribution in [0.4, 0.5) is 0 Å². The van der Waals surface area contributed by atoms with E-state index in [9.17, 15) is 14.7 Å². The summed E-state index contributed by atoms with van der Waals surface area (Å²) in [5.74, 6) is -0.0519. The Morgan fingerprint density at radius 3 is 2.33 bits per heavy atom. The van der Waals surface area contributed by atoms with E-state index in [2.05, 4.69) is 5.32 Å². The molecule has 0 unspecified atom stereocenters. The van der Waals surface area contributed by atoms with Gasteiger partial charge in [0, 0.05) is 6.42 Å². The van der Waals surface area contributed by atoms with Gasteiger partial charge in [0.25, 0.3) is 0 Å². The molecule has 0 aromatic rings. The second kappa shape index (κ2) is 7.67. The van der Waals surface area contributed by atoms with Crippen molar-refractivity contribution in [3.63, 3.8) is 0 Å². The normalized spacial score (nSPS) is 18.9. The Kier molecular flexibility index (Phi) is 6.54. The summed E-state index contributed by atoms with van der Waals surface area (Å²) in [5, 5.41) is 12.2. The summed E-state index contributed by atoms with van der Waals surface area (Å²) in [6, 6.07) is 0. The van der Waals surface area contributed by atoms with Crippen molar-refractivity contribution in [2.45, 2.75) is 56.9 Å².